The molecule has 0 bridgehead atoms. The molecule has 20 heavy (non-hydrogen) atoms. The normalized spacial score (nSPS) is 10.6. The van der Waals surface area contributed by atoms with Gasteiger partial charge in [0.05, 0.1) is 11.0 Å². The van der Waals surface area contributed by atoms with Crippen LogP contribution in [0, 0.1) is 10.1 Å². The monoisotopic (exact) mass is 281 g/mol. The second-order valence-corrected chi connectivity index (χ2v) is 4.76. The van der Waals surface area contributed by atoms with Gasteiger partial charge in [0, 0.05) is 20.2 Å². The van der Waals surface area contributed by atoms with Crippen molar-refractivity contribution >= 4 is 17.1 Å². The zero-order valence-corrected chi connectivity index (χ0v) is 12.3. The average molecular weight is 281 g/mol. The van der Waals surface area contributed by atoms with Crippen LogP contribution in [0.5, 0.6) is 0 Å². The zero-order chi connectivity index (χ0) is 15.0. The molecule has 0 aliphatic heterocycles. The zero-order valence-electron chi connectivity index (χ0n) is 12.3. The predicted molar refractivity (Wildman–Crippen MR) is 81.5 cm³/mol. The molecule has 0 saturated heterocycles. The van der Waals surface area contributed by atoms with E-state index in [4.69, 9.17) is 4.74 Å². The minimum absolute atomic E-state index is 0.0911. The van der Waals surface area contributed by atoms with E-state index in [1.54, 1.807) is 25.2 Å². The number of anilines is 2. The summed E-state index contributed by atoms with van der Waals surface area (Å²) in [4.78, 5) is 10.8. The molecule has 0 spiro atoms. The fourth-order valence-electron chi connectivity index (χ4n) is 1.85. The van der Waals surface area contributed by atoms with Gasteiger partial charge in [0.15, 0.2) is 0 Å². The third-order valence-corrected chi connectivity index (χ3v) is 2.83. The maximum atomic E-state index is 11.1. The SMILES string of the molecule is CNc1cccc(NCCCCOC(C)C)c1[N+](=O)[O-]. The van der Waals surface area contributed by atoms with Crippen molar-refractivity contribution in [2.45, 2.75) is 32.8 Å². The highest BCUT2D eigenvalue weighted by Gasteiger charge is 2.18. The Hall–Kier alpha value is -1.82. The molecule has 6 nitrogen and oxygen atoms in total. The summed E-state index contributed by atoms with van der Waals surface area (Å²) in [5, 5.41) is 17.1. The third kappa shape index (κ3) is 5.05. The smallest absolute Gasteiger partial charge is 0.315 e. The summed E-state index contributed by atoms with van der Waals surface area (Å²) in [7, 11) is 1.68. The van der Waals surface area contributed by atoms with Crippen LogP contribution < -0.4 is 10.6 Å². The number of nitro benzene ring substituents is 1. The van der Waals surface area contributed by atoms with E-state index in [1.807, 2.05) is 13.8 Å². The van der Waals surface area contributed by atoms with E-state index in [-0.39, 0.29) is 16.7 Å². The van der Waals surface area contributed by atoms with Crippen molar-refractivity contribution in [3.05, 3.63) is 28.3 Å². The van der Waals surface area contributed by atoms with Crippen molar-refractivity contribution in [3.8, 4) is 0 Å². The van der Waals surface area contributed by atoms with Crippen molar-refractivity contribution in [2.24, 2.45) is 0 Å². The molecule has 6 heteroatoms. The first-order valence-corrected chi connectivity index (χ1v) is 6.87. The van der Waals surface area contributed by atoms with Crippen molar-refractivity contribution in [3.63, 3.8) is 0 Å². The second kappa shape index (κ2) is 8.37. The Morgan fingerprint density at radius 1 is 1.30 bits per heavy atom. The molecule has 0 unspecified atom stereocenters. The second-order valence-electron chi connectivity index (χ2n) is 4.76. The molecule has 0 aliphatic carbocycles. The van der Waals surface area contributed by atoms with Crippen LogP contribution in [0.25, 0.3) is 0 Å². The number of hydrogen-bond donors (Lipinski definition) is 2. The molecule has 1 rings (SSSR count). The van der Waals surface area contributed by atoms with Crippen LogP contribution in [-0.2, 0) is 4.74 Å². The number of rotatable bonds is 9. The van der Waals surface area contributed by atoms with Gasteiger partial charge in [-0.05, 0) is 38.8 Å². The molecule has 0 heterocycles. The highest BCUT2D eigenvalue weighted by Crippen LogP contribution is 2.32. The summed E-state index contributed by atoms with van der Waals surface area (Å²) < 4.78 is 5.45. The van der Waals surface area contributed by atoms with Gasteiger partial charge in [-0.3, -0.25) is 10.1 Å². The molecular formula is C14H23N3O3. The minimum atomic E-state index is -0.365. The summed E-state index contributed by atoms with van der Waals surface area (Å²) in [5.74, 6) is 0. The van der Waals surface area contributed by atoms with E-state index >= 15 is 0 Å². The van der Waals surface area contributed by atoms with Crippen LogP contribution >= 0.6 is 0 Å². The molecule has 0 aliphatic rings. The maximum Gasteiger partial charge on any atom is 0.315 e. The third-order valence-electron chi connectivity index (χ3n) is 2.83. The molecule has 0 aromatic heterocycles. The molecule has 0 amide bonds. The van der Waals surface area contributed by atoms with Crippen LogP contribution in [0.1, 0.15) is 26.7 Å². The van der Waals surface area contributed by atoms with E-state index in [2.05, 4.69) is 10.6 Å². The first-order chi connectivity index (χ1) is 9.56. The van der Waals surface area contributed by atoms with Gasteiger partial charge in [-0.15, -0.1) is 0 Å². The summed E-state index contributed by atoms with van der Waals surface area (Å²) in [6.45, 7) is 5.42. The highest BCUT2D eigenvalue weighted by molar-refractivity contribution is 5.75. The first kappa shape index (κ1) is 16.2. The largest absolute Gasteiger partial charge is 0.382 e. The Kier molecular flexibility index (Phi) is 6.79. The average Bonchev–Trinajstić information content (AvgIpc) is 2.41. The lowest BCUT2D eigenvalue weighted by molar-refractivity contribution is -0.383. The quantitative estimate of drug-likeness (QED) is 0.413. The van der Waals surface area contributed by atoms with Crippen LogP contribution in [0.15, 0.2) is 18.2 Å². The van der Waals surface area contributed by atoms with Crippen molar-refractivity contribution in [1.82, 2.24) is 0 Å². The van der Waals surface area contributed by atoms with E-state index in [9.17, 15) is 10.1 Å². The van der Waals surface area contributed by atoms with E-state index in [1.165, 1.54) is 0 Å². The number of nitrogens with zero attached hydrogens (tertiary/aromatic N) is 1. The molecule has 0 atom stereocenters. The van der Waals surface area contributed by atoms with Crippen LogP contribution in [0.4, 0.5) is 17.1 Å². The fraction of sp³-hybridized carbons (Fsp3) is 0.571. The lowest BCUT2D eigenvalue weighted by Crippen LogP contribution is -2.08. The predicted octanol–water partition coefficient (Wildman–Crippen LogP) is 3.25. The number of nitro groups is 1. The van der Waals surface area contributed by atoms with Gasteiger partial charge < -0.3 is 15.4 Å². The molecule has 1 aromatic rings. The Bertz CT molecular complexity index is 436. The van der Waals surface area contributed by atoms with Crippen LogP contribution in [-0.4, -0.2) is 31.2 Å². The van der Waals surface area contributed by atoms with Gasteiger partial charge in [0.25, 0.3) is 0 Å². The minimum Gasteiger partial charge on any atom is -0.382 e. The summed E-state index contributed by atoms with van der Waals surface area (Å²) in [6, 6.07) is 5.21. The number of nitrogens with one attached hydrogen (secondary N) is 2. The Morgan fingerprint density at radius 3 is 2.60 bits per heavy atom. The number of unbranched alkanes of at least 4 members (excludes halogenated alkanes) is 1. The Labute approximate surface area is 119 Å². The lowest BCUT2D eigenvalue weighted by atomic mass is 10.2. The molecule has 0 saturated carbocycles. The van der Waals surface area contributed by atoms with E-state index in [0.717, 1.165) is 19.4 Å². The number of ether oxygens (including phenoxy) is 1. The Morgan fingerprint density at radius 2 is 2.00 bits per heavy atom. The summed E-state index contributed by atoms with van der Waals surface area (Å²) in [5.41, 5.74) is 1.16. The maximum absolute atomic E-state index is 11.1. The van der Waals surface area contributed by atoms with Gasteiger partial charge >= 0.3 is 5.69 Å². The van der Waals surface area contributed by atoms with Gasteiger partial charge in [-0.25, -0.2) is 0 Å². The van der Waals surface area contributed by atoms with Gasteiger partial charge in [0.2, 0.25) is 0 Å². The van der Waals surface area contributed by atoms with Crippen molar-refractivity contribution in [2.75, 3.05) is 30.8 Å². The number of para-hydroxylation sites is 1. The topological polar surface area (TPSA) is 76.4 Å². The van der Waals surface area contributed by atoms with E-state index in [0.29, 0.717) is 17.9 Å². The van der Waals surface area contributed by atoms with Crippen molar-refractivity contribution < 1.29 is 9.66 Å². The van der Waals surface area contributed by atoms with Crippen LogP contribution in [0.3, 0.4) is 0 Å². The van der Waals surface area contributed by atoms with Gasteiger partial charge in [-0.1, -0.05) is 6.07 Å². The van der Waals surface area contributed by atoms with Crippen molar-refractivity contribution in [1.29, 1.82) is 0 Å². The van der Waals surface area contributed by atoms with E-state index < -0.39 is 0 Å². The first-order valence-electron chi connectivity index (χ1n) is 6.87. The molecule has 1 aromatic carbocycles. The fourth-order valence-corrected chi connectivity index (χ4v) is 1.85. The summed E-state index contributed by atoms with van der Waals surface area (Å²) >= 11 is 0. The van der Waals surface area contributed by atoms with Gasteiger partial charge in [-0.2, -0.15) is 0 Å². The lowest BCUT2D eigenvalue weighted by Gasteiger charge is -2.10. The molecule has 0 radical (unpaired) electrons. The molecule has 0 fully saturated rings. The molecule has 2 N–H and O–H groups in total. The Balaban J connectivity index is 2.49. The van der Waals surface area contributed by atoms with Crippen LogP contribution in [0.2, 0.25) is 0 Å². The van der Waals surface area contributed by atoms with Gasteiger partial charge in [0.1, 0.15) is 11.4 Å². The number of hydrogen-bond acceptors (Lipinski definition) is 5. The standard InChI is InChI=1S/C14H23N3O3/c1-11(2)20-10-5-4-9-16-13-8-6-7-12(15-3)14(13)17(18)19/h6-8,11,15-16H,4-5,9-10H2,1-3H3. The molecular weight excluding hydrogens is 258 g/mol. The molecule has 112 valence electrons. The highest BCUT2D eigenvalue weighted by atomic mass is 16.6. The number of benzene rings is 1. The summed E-state index contributed by atoms with van der Waals surface area (Å²) in [6.07, 6.45) is 2.09.